The molecular formula is C16H34N2. The van der Waals surface area contributed by atoms with Crippen molar-refractivity contribution in [1.82, 2.24) is 10.2 Å². The highest BCUT2D eigenvalue weighted by molar-refractivity contribution is 4.86. The van der Waals surface area contributed by atoms with Crippen LogP contribution in [-0.4, -0.2) is 36.6 Å². The van der Waals surface area contributed by atoms with Gasteiger partial charge in [-0.05, 0) is 64.5 Å². The van der Waals surface area contributed by atoms with Crippen LogP contribution in [0, 0.1) is 11.8 Å². The predicted molar refractivity (Wildman–Crippen MR) is 81.0 cm³/mol. The first-order valence-electron chi connectivity index (χ1n) is 8.05. The first-order valence-corrected chi connectivity index (χ1v) is 8.05. The van der Waals surface area contributed by atoms with E-state index >= 15 is 0 Å². The van der Waals surface area contributed by atoms with E-state index in [-0.39, 0.29) is 0 Å². The van der Waals surface area contributed by atoms with Crippen molar-refractivity contribution in [2.75, 3.05) is 19.6 Å². The summed E-state index contributed by atoms with van der Waals surface area (Å²) in [7, 11) is 0. The third-order valence-corrected chi connectivity index (χ3v) is 4.51. The monoisotopic (exact) mass is 254 g/mol. The third-order valence-electron chi connectivity index (χ3n) is 4.51. The largest absolute Gasteiger partial charge is 0.314 e. The van der Waals surface area contributed by atoms with Gasteiger partial charge in [0.2, 0.25) is 0 Å². The Morgan fingerprint density at radius 3 is 2.50 bits per heavy atom. The lowest BCUT2D eigenvalue weighted by molar-refractivity contribution is 0.128. The summed E-state index contributed by atoms with van der Waals surface area (Å²) in [5.74, 6) is 1.77. The molecule has 0 heterocycles. The molecule has 1 rings (SSSR count). The summed E-state index contributed by atoms with van der Waals surface area (Å²) in [5.41, 5.74) is 0. The highest BCUT2D eigenvalue weighted by Crippen LogP contribution is 2.30. The van der Waals surface area contributed by atoms with Gasteiger partial charge in [0.05, 0.1) is 0 Å². The van der Waals surface area contributed by atoms with Gasteiger partial charge in [0, 0.05) is 18.6 Å². The fourth-order valence-electron chi connectivity index (χ4n) is 3.31. The summed E-state index contributed by atoms with van der Waals surface area (Å²) in [6.45, 7) is 15.3. The molecule has 0 amide bonds. The maximum absolute atomic E-state index is 3.78. The van der Waals surface area contributed by atoms with E-state index in [0.29, 0.717) is 6.04 Å². The maximum Gasteiger partial charge on any atom is 0.0108 e. The smallest absolute Gasteiger partial charge is 0.0108 e. The van der Waals surface area contributed by atoms with Gasteiger partial charge in [-0.25, -0.2) is 0 Å². The van der Waals surface area contributed by atoms with Gasteiger partial charge in [-0.15, -0.1) is 0 Å². The van der Waals surface area contributed by atoms with E-state index in [1.54, 1.807) is 0 Å². The zero-order valence-corrected chi connectivity index (χ0v) is 13.2. The van der Waals surface area contributed by atoms with E-state index in [1.165, 1.54) is 45.3 Å². The summed E-state index contributed by atoms with van der Waals surface area (Å²) >= 11 is 0. The molecule has 18 heavy (non-hydrogen) atoms. The predicted octanol–water partition coefficient (Wildman–Crippen LogP) is 3.52. The van der Waals surface area contributed by atoms with Crippen LogP contribution in [-0.2, 0) is 0 Å². The van der Waals surface area contributed by atoms with Gasteiger partial charge in [-0.1, -0.05) is 20.8 Å². The zero-order valence-electron chi connectivity index (χ0n) is 13.2. The van der Waals surface area contributed by atoms with Crippen molar-refractivity contribution in [3.05, 3.63) is 0 Å². The first-order chi connectivity index (χ1) is 8.58. The molecule has 108 valence electrons. The fourth-order valence-corrected chi connectivity index (χ4v) is 3.31. The van der Waals surface area contributed by atoms with Crippen molar-refractivity contribution in [1.29, 1.82) is 0 Å². The molecule has 1 aliphatic carbocycles. The molecule has 1 fully saturated rings. The Morgan fingerprint density at radius 1 is 1.22 bits per heavy atom. The summed E-state index contributed by atoms with van der Waals surface area (Å²) in [5, 5.41) is 3.78. The number of nitrogens with zero attached hydrogens (tertiary/aromatic N) is 1. The molecule has 0 saturated heterocycles. The molecule has 3 atom stereocenters. The average molecular weight is 254 g/mol. The SMILES string of the molecule is CCCNC1CCC(C)CC1CN(CC)C(C)C. The average Bonchev–Trinajstić information content (AvgIpc) is 2.34. The molecule has 0 aromatic rings. The number of hydrogen-bond acceptors (Lipinski definition) is 2. The van der Waals surface area contributed by atoms with E-state index < -0.39 is 0 Å². The highest BCUT2D eigenvalue weighted by Gasteiger charge is 2.29. The quantitative estimate of drug-likeness (QED) is 0.748. The van der Waals surface area contributed by atoms with Gasteiger partial charge in [-0.3, -0.25) is 0 Å². The molecular weight excluding hydrogens is 220 g/mol. The van der Waals surface area contributed by atoms with Gasteiger partial charge >= 0.3 is 0 Å². The van der Waals surface area contributed by atoms with E-state index in [0.717, 1.165) is 17.9 Å². The Bertz CT molecular complexity index is 213. The van der Waals surface area contributed by atoms with E-state index in [9.17, 15) is 0 Å². The lowest BCUT2D eigenvalue weighted by atomic mass is 9.78. The molecule has 3 unspecified atom stereocenters. The van der Waals surface area contributed by atoms with Gasteiger partial charge in [-0.2, -0.15) is 0 Å². The van der Waals surface area contributed by atoms with Crippen LogP contribution in [0.25, 0.3) is 0 Å². The van der Waals surface area contributed by atoms with Crippen LogP contribution in [0.2, 0.25) is 0 Å². The topological polar surface area (TPSA) is 15.3 Å². The first kappa shape index (κ1) is 16.0. The van der Waals surface area contributed by atoms with Crippen molar-refractivity contribution in [2.24, 2.45) is 11.8 Å². The molecule has 0 radical (unpaired) electrons. The van der Waals surface area contributed by atoms with E-state index in [2.05, 4.69) is 44.8 Å². The number of hydrogen-bond donors (Lipinski definition) is 1. The number of nitrogens with one attached hydrogen (secondary N) is 1. The van der Waals surface area contributed by atoms with Gasteiger partial charge in [0.1, 0.15) is 0 Å². The standard InChI is InChI=1S/C16H34N2/c1-6-10-17-16-9-8-14(5)11-15(16)12-18(7-2)13(3)4/h13-17H,6-12H2,1-5H3. The van der Waals surface area contributed by atoms with Crippen LogP contribution in [0.4, 0.5) is 0 Å². The summed E-state index contributed by atoms with van der Waals surface area (Å²) in [6, 6.07) is 1.44. The van der Waals surface area contributed by atoms with Crippen molar-refractivity contribution >= 4 is 0 Å². The fraction of sp³-hybridized carbons (Fsp3) is 1.00. The molecule has 1 N–H and O–H groups in total. The molecule has 0 aromatic heterocycles. The molecule has 0 aromatic carbocycles. The molecule has 2 heteroatoms. The van der Waals surface area contributed by atoms with Crippen molar-refractivity contribution in [3.8, 4) is 0 Å². The van der Waals surface area contributed by atoms with Crippen LogP contribution in [0.3, 0.4) is 0 Å². The minimum atomic E-state index is 0.680. The number of rotatable bonds is 7. The van der Waals surface area contributed by atoms with Crippen molar-refractivity contribution < 1.29 is 0 Å². The van der Waals surface area contributed by atoms with E-state index in [1.807, 2.05) is 0 Å². The summed E-state index contributed by atoms with van der Waals surface area (Å²) < 4.78 is 0. The van der Waals surface area contributed by atoms with Crippen LogP contribution in [0.15, 0.2) is 0 Å². The van der Waals surface area contributed by atoms with Gasteiger partial charge < -0.3 is 10.2 Å². The molecule has 0 spiro atoms. The van der Waals surface area contributed by atoms with Crippen LogP contribution in [0.5, 0.6) is 0 Å². The van der Waals surface area contributed by atoms with Crippen molar-refractivity contribution in [2.45, 2.75) is 72.4 Å². The Labute approximate surface area is 115 Å². The minimum absolute atomic E-state index is 0.680. The molecule has 1 aliphatic rings. The zero-order chi connectivity index (χ0) is 13.5. The normalized spacial score (nSPS) is 29.2. The Kier molecular flexibility index (Phi) is 7.25. The maximum atomic E-state index is 3.78. The summed E-state index contributed by atoms with van der Waals surface area (Å²) in [6.07, 6.45) is 5.44. The van der Waals surface area contributed by atoms with E-state index in [4.69, 9.17) is 0 Å². The van der Waals surface area contributed by atoms with Crippen LogP contribution >= 0.6 is 0 Å². The lowest BCUT2D eigenvalue weighted by Crippen LogP contribution is -2.47. The van der Waals surface area contributed by atoms with Gasteiger partial charge in [0.25, 0.3) is 0 Å². The van der Waals surface area contributed by atoms with Crippen LogP contribution in [0.1, 0.15) is 60.3 Å². The van der Waals surface area contributed by atoms with Crippen LogP contribution < -0.4 is 5.32 Å². The van der Waals surface area contributed by atoms with Gasteiger partial charge in [0.15, 0.2) is 0 Å². The highest BCUT2D eigenvalue weighted by atomic mass is 15.1. The molecule has 2 nitrogen and oxygen atoms in total. The Hall–Kier alpha value is -0.0800. The molecule has 1 saturated carbocycles. The summed E-state index contributed by atoms with van der Waals surface area (Å²) in [4.78, 5) is 2.63. The molecule has 0 bridgehead atoms. The Balaban J connectivity index is 2.54. The second kappa shape index (κ2) is 8.16. The molecule has 0 aliphatic heterocycles. The second-order valence-electron chi connectivity index (χ2n) is 6.42. The second-order valence-corrected chi connectivity index (χ2v) is 6.42. The lowest BCUT2D eigenvalue weighted by Gasteiger charge is -2.39. The minimum Gasteiger partial charge on any atom is -0.314 e. The van der Waals surface area contributed by atoms with Crippen molar-refractivity contribution in [3.63, 3.8) is 0 Å². The third kappa shape index (κ3) is 4.89. The Morgan fingerprint density at radius 2 is 1.94 bits per heavy atom.